The zero-order chi connectivity index (χ0) is 19.0. The highest BCUT2D eigenvalue weighted by Gasteiger charge is 2.20. The summed E-state index contributed by atoms with van der Waals surface area (Å²) >= 11 is 6.13. The van der Waals surface area contributed by atoms with Crippen LogP contribution in [-0.4, -0.2) is 11.0 Å². The van der Waals surface area contributed by atoms with Gasteiger partial charge in [0.15, 0.2) is 0 Å². The first-order valence-corrected chi connectivity index (χ1v) is 9.08. The van der Waals surface area contributed by atoms with E-state index in [2.05, 4.69) is 0 Å². The van der Waals surface area contributed by atoms with Gasteiger partial charge in [0.05, 0.1) is 12.2 Å². The second kappa shape index (κ2) is 6.93. The van der Waals surface area contributed by atoms with Gasteiger partial charge in [0.25, 0.3) is 0 Å². The van der Waals surface area contributed by atoms with E-state index in [1.54, 1.807) is 24.0 Å². The summed E-state index contributed by atoms with van der Waals surface area (Å²) in [6.07, 6.45) is 3.88. The third kappa shape index (κ3) is 3.34. The molecule has 1 heterocycles. The van der Waals surface area contributed by atoms with Gasteiger partial charge in [-0.05, 0) is 52.6 Å². The SMILES string of the molecule is CC(=O)N1Cc2cc(-c3ccccc3)c(O)cc2C=Cc2cc(Cl)ccc21. The molecular formula is C23H18ClNO2. The van der Waals surface area contributed by atoms with E-state index in [1.807, 2.05) is 60.7 Å². The molecule has 1 N–H and O–H groups in total. The molecule has 0 unspecified atom stereocenters. The zero-order valence-electron chi connectivity index (χ0n) is 14.8. The van der Waals surface area contributed by atoms with Crippen LogP contribution in [0.4, 0.5) is 5.69 Å². The highest BCUT2D eigenvalue weighted by Crippen LogP contribution is 2.36. The van der Waals surface area contributed by atoms with Crippen molar-refractivity contribution >= 4 is 35.3 Å². The summed E-state index contributed by atoms with van der Waals surface area (Å²) in [4.78, 5) is 14.1. The number of phenolic OH excluding ortho intramolecular Hbond substituents is 1. The van der Waals surface area contributed by atoms with Crippen molar-refractivity contribution in [2.24, 2.45) is 0 Å². The largest absolute Gasteiger partial charge is 0.507 e. The van der Waals surface area contributed by atoms with E-state index in [1.165, 1.54) is 0 Å². The fourth-order valence-electron chi connectivity index (χ4n) is 3.41. The highest BCUT2D eigenvalue weighted by molar-refractivity contribution is 6.30. The van der Waals surface area contributed by atoms with Crippen molar-refractivity contribution in [3.8, 4) is 16.9 Å². The predicted molar refractivity (Wildman–Crippen MR) is 111 cm³/mol. The number of hydrogen-bond donors (Lipinski definition) is 1. The molecule has 0 aromatic heterocycles. The first-order valence-electron chi connectivity index (χ1n) is 8.70. The van der Waals surface area contributed by atoms with E-state index in [4.69, 9.17) is 11.6 Å². The fourth-order valence-corrected chi connectivity index (χ4v) is 3.59. The summed E-state index contributed by atoms with van der Waals surface area (Å²) in [6.45, 7) is 1.98. The monoisotopic (exact) mass is 375 g/mol. The lowest BCUT2D eigenvalue weighted by Crippen LogP contribution is -2.29. The average Bonchev–Trinajstić information content (AvgIpc) is 2.65. The van der Waals surface area contributed by atoms with Crippen molar-refractivity contribution in [1.82, 2.24) is 0 Å². The van der Waals surface area contributed by atoms with Crippen molar-refractivity contribution in [2.45, 2.75) is 13.5 Å². The minimum Gasteiger partial charge on any atom is -0.507 e. The summed E-state index contributed by atoms with van der Waals surface area (Å²) in [5, 5.41) is 11.2. The molecule has 27 heavy (non-hydrogen) atoms. The number of nitrogens with zero attached hydrogens (tertiary/aromatic N) is 1. The van der Waals surface area contributed by atoms with Gasteiger partial charge in [-0.3, -0.25) is 4.79 Å². The summed E-state index contributed by atoms with van der Waals surface area (Å²) < 4.78 is 0. The lowest BCUT2D eigenvalue weighted by atomic mass is 9.95. The quantitative estimate of drug-likeness (QED) is 0.588. The zero-order valence-corrected chi connectivity index (χ0v) is 15.6. The Labute approximate surface area is 163 Å². The first-order chi connectivity index (χ1) is 13.0. The van der Waals surface area contributed by atoms with E-state index in [-0.39, 0.29) is 11.7 Å². The maximum absolute atomic E-state index is 12.4. The smallest absolute Gasteiger partial charge is 0.224 e. The Kier molecular flexibility index (Phi) is 4.46. The summed E-state index contributed by atoms with van der Waals surface area (Å²) in [5.41, 5.74) is 5.23. The van der Waals surface area contributed by atoms with Crippen LogP contribution in [0, 0.1) is 0 Å². The van der Waals surface area contributed by atoms with Crippen LogP contribution >= 0.6 is 11.6 Å². The van der Waals surface area contributed by atoms with Gasteiger partial charge in [0.2, 0.25) is 5.91 Å². The molecule has 3 nitrogen and oxygen atoms in total. The highest BCUT2D eigenvalue weighted by atomic mass is 35.5. The van der Waals surface area contributed by atoms with Crippen LogP contribution < -0.4 is 4.90 Å². The van der Waals surface area contributed by atoms with E-state index >= 15 is 0 Å². The van der Waals surface area contributed by atoms with Gasteiger partial charge in [-0.1, -0.05) is 54.1 Å². The Hall–Kier alpha value is -3.04. The third-order valence-electron chi connectivity index (χ3n) is 4.77. The molecule has 0 fully saturated rings. The Morgan fingerprint density at radius 2 is 1.74 bits per heavy atom. The van der Waals surface area contributed by atoms with Gasteiger partial charge in [0.1, 0.15) is 5.75 Å². The Morgan fingerprint density at radius 3 is 2.48 bits per heavy atom. The number of fused-ring (bicyclic) bond motifs is 2. The number of aromatic hydroxyl groups is 1. The summed E-state index contributed by atoms with van der Waals surface area (Å²) in [5.74, 6) is 0.167. The normalized spacial score (nSPS) is 12.7. The molecule has 4 heteroatoms. The minimum atomic E-state index is -0.0471. The number of rotatable bonds is 1. The van der Waals surface area contributed by atoms with Crippen molar-refractivity contribution in [1.29, 1.82) is 0 Å². The standard InChI is InChI=1S/C23H18ClNO2/c1-15(26)25-14-19-12-21(16-5-3-2-4-6-16)23(27)13-17(19)7-8-18-11-20(24)9-10-22(18)25/h2-13,27H,14H2,1H3. The summed E-state index contributed by atoms with van der Waals surface area (Å²) in [7, 11) is 0. The van der Waals surface area contributed by atoms with Crippen molar-refractivity contribution in [3.63, 3.8) is 0 Å². The number of halogens is 1. The number of carbonyl (C=O) groups is 1. The van der Waals surface area contributed by atoms with Crippen LogP contribution in [0.2, 0.25) is 5.02 Å². The molecule has 3 aromatic carbocycles. The maximum atomic E-state index is 12.4. The number of benzene rings is 3. The predicted octanol–water partition coefficient (Wildman–Crippen LogP) is 5.75. The number of amides is 1. The van der Waals surface area contributed by atoms with Crippen LogP contribution in [-0.2, 0) is 11.3 Å². The Bertz CT molecular complexity index is 1060. The second-order valence-corrected chi connectivity index (χ2v) is 7.01. The van der Waals surface area contributed by atoms with Crippen molar-refractivity contribution < 1.29 is 9.90 Å². The Morgan fingerprint density at radius 1 is 1.00 bits per heavy atom. The third-order valence-corrected chi connectivity index (χ3v) is 5.01. The number of hydrogen-bond acceptors (Lipinski definition) is 2. The van der Waals surface area contributed by atoms with E-state index in [0.29, 0.717) is 11.6 Å². The minimum absolute atomic E-state index is 0.0471. The molecule has 0 bridgehead atoms. The molecule has 1 aliphatic rings. The molecule has 1 aliphatic heterocycles. The van der Waals surface area contributed by atoms with Gasteiger partial charge >= 0.3 is 0 Å². The summed E-state index contributed by atoms with van der Waals surface area (Å²) in [6, 6.07) is 18.9. The van der Waals surface area contributed by atoms with E-state index in [0.717, 1.165) is 33.5 Å². The Balaban J connectivity index is 1.89. The van der Waals surface area contributed by atoms with Crippen LogP contribution in [0.1, 0.15) is 23.6 Å². The van der Waals surface area contributed by atoms with Crippen LogP contribution in [0.5, 0.6) is 5.75 Å². The molecular weight excluding hydrogens is 358 g/mol. The van der Waals surface area contributed by atoms with Gasteiger partial charge in [0, 0.05) is 17.5 Å². The lowest BCUT2D eigenvalue weighted by molar-refractivity contribution is -0.116. The number of anilines is 1. The molecule has 0 spiro atoms. The van der Waals surface area contributed by atoms with Crippen LogP contribution in [0.25, 0.3) is 23.3 Å². The molecule has 134 valence electrons. The topological polar surface area (TPSA) is 40.5 Å². The molecule has 4 rings (SSSR count). The molecule has 1 amide bonds. The van der Waals surface area contributed by atoms with E-state index in [9.17, 15) is 9.90 Å². The second-order valence-electron chi connectivity index (χ2n) is 6.58. The molecule has 0 atom stereocenters. The average molecular weight is 376 g/mol. The number of phenols is 1. The van der Waals surface area contributed by atoms with E-state index < -0.39 is 0 Å². The molecule has 0 saturated heterocycles. The van der Waals surface area contributed by atoms with Crippen molar-refractivity contribution in [3.05, 3.63) is 82.4 Å². The molecule has 0 saturated carbocycles. The van der Waals surface area contributed by atoms with Gasteiger partial charge in [-0.15, -0.1) is 0 Å². The van der Waals surface area contributed by atoms with Crippen LogP contribution in [0.3, 0.4) is 0 Å². The van der Waals surface area contributed by atoms with Crippen molar-refractivity contribution in [2.75, 3.05) is 4.90 Å². The first kappa shape index (κ1) is 17.4. The molecule has 3 aromatic rings. The van der Waals surface area contributed by atoms with Crippen LogP contribution in [0.15, 0.2) is 60.7 Å². The maximum Gasteiger partial charge on any atom is 0.224 e. The number of carbonyl (C=O) groups excluding carboxylic acids is 1. The van der Waals surface area contributed by atoms with Gasteiger partial charge in [-0.2, -0.15) is 0 Å². The lowest BCUT2D eigenvalue weighted by Gasteiger charge is -2.26. The van der Waals surface area contributed by atoms with Gasteiger partial charge < -0.3 is 10.0 Å². The molecule has 0 aliphatic carbocycles. The molecule has 0 radical (unpaired) electrons. The fraction of sp³-hybridized carbons (Fsp3) is 0.0870. The van der Waals surface area contributed by atoms with Gasteiger partial charge in [-0.25, -0.2) is 0 Å².